The van der Waals surface area contributed by atoms with E-state index in [1.165, 1.54) is 0 Å². The quantitative estimate of drug-likeness (QED) is 0.665. The maximum atomic E-state index is 12.8. The van der Waals surface area contributed by atoms with Gasteiger partial charge in [0, 0.05) is 30.8 Å². The fourth-order valence-electron chi connectivity index (χ4n) is 2.83. The van der Waals surface area contributed by atoms with Gasteiger partial charge in [-0.3, -0.25) is 9.59 Å². The second-order valence-electron chi connectivity index (χ2n) is 6.74. The van der Waals surface area contributed by atoms with Crippen LogP contribution in [0.3, 0.4) is 0 Å². The van der Waals surface area contributed by atoms with Gasteiger partial charge in [-0.15, -0.1) is 0 Å². The van der Waals surface area contributed by atoms with Crippen molar-refractivity contribution in [1.29, 1.82) is 0 Å². The minimum absolute atomic E-state index is 0.0942. The number of rotatable bonds is 10. The van der Waals surface area contributed by atoms with E-state index in [0.717, 1.165) is 44.3 Å². The lowest BCUT2D eigenvalue weighted by Gasteiger charge is -2.22. The van der Waals surface area contributed by atoms with E-state index >= 15 is 0 Å². The van der Waals surface area contributed by atoms with Crippen molar-refractivity contribution < 1.29 is 9.59 Å². The number of benzene rings is 2. The van der Waals surface area contributed by atoms with Gasteiger partial charge in [0.1, 0.15) is 0 Å². The Hall–Kier alpha value is -2.62. The van der Waals surface area contributed by atoms with Gasteiger partial charge >= 0.3 is 0 Å². The van der Waals surface area contributed by atoms with Crippen molar-refractivity contribution in [1.82, 2.24) is 10.2 Å². The topological polar surface area (TPSA) is 49.4 Å². The summed E-state index contributed by atoms with van der Waals surface area (Å²) < 4.78 is 0. The van der Waals surface area contributed by atoms with Crippen molar-refractivity contribution in [3.05, 3.63) is 71.3 Å². The van der Waals surface area contributed by atoms with Crippen molar-refractivity contribution in [3.8, 4) is 0 Å². The van der Waals surface area contributed by atoms with Gasteiger partial charge in [0.2, 0.25) is 0 Å². The Balaban J connectivity index is 1.94. The first-order chi connectivity index (χ1) is 13.2. The minimum atomic E-state index is -0.0962. The van der Waals surface area contributed by atoms with E-state index in [4.69, 9.17) is 0 Å². The lowest BCUT2D eigenvalue weighted by molar-refractivity contribution is 0.0750. The van der Waals surface area contributed by atoms with Crippen molar-refractivity contribution in [2.75, 3.05) is 13.1 Å². The van der Waals surface area contributed by atoms with E-state index in [9.17, 15) is 9.59 Å². The van der Waals surface area contributed by atoms with Crippen LogP contribution in [0.15, 0.2) is 54.6 Å². The molecule has 4 nitrogen and oxygen atoms in total. The summed E-state index contributed by atoms with van der Waals surface area (Å²) in [6.07, 6.45) is 4.21. The van der Waals surface area contributed by atoms with Gasteiger partial charge < -0.3 is 10.2 Å². The third-order valence-corrected chi connectivity index (χ3v) is 4.54. The van der Waals surface area contributed by atoms with Crippen molar-refractivity contribution >= 4 is 11.8 Å². The monoisotopic (exact) mass is 366 g/mol. The number of amides is 2. The van der Waals surface area contributed by atoms with Crippen LogP contribution in [0.2, 0.25) is 0 Å². The molecule has 2 aromatic carbocycles. The Morgan fingerprint density at radius 1 is 0.815 bits per heavy atom. The predicted octanol–water partition coefficient (Wildman–Crippen LogP) is 4.66. The molecule has 27 heavy (non-hydrogen) atoms. The van der Waals surface area contributed by atoms with E-state index in [1.54, 1.807) is 12.1 Å². The number of unbranched alkanes of at least 4 members (excludes halogenated alkanes) is 2. The Labute approximate surface area is 162 Å². The SMILES string of the molecule is CCCCN(CCCC)C(=O)c1ccc(CNC(=O)c2ccccc2)cc1. The summed E-state index contributed by atoms with van der Waals surface area (Å²) in [5.74, 6) is -0.00201. The Kier molecular flexibility index (Phi) is 8.56. The first-order valence-corrected chi connectivity index (χ1v) is 9.87. The first-order valence-electron chi connectivity index (χ1n) is 9.87. The molecule has 0 radical (unpaired) electrons. The molecule has 1 N–H and O–H groups in total. The average Bonchev–Trinajstić information content (AvgIpc) is 2.72. The first kappa shape index (κ1) is 20.7. The van der Waals surface area contributed by atoms with E-state index in [1.807, 2.05) is 47.4 Å². The number of carbonyl (C=O) groups is 2. The molecule has 0 aliphatic carbocycles. The van der Waals surface area contributed by atoms with Gasteiger partial charge in [0.15, 0.2) is 0 Å². The average molecular weight is 367 g/mol. The molecule has 0 aromatic heterocycles. The molecule has 0 saturated heterocycles. The van der Waals surface area contributed by atoms with Gasteiger partial charge in [-0.05, 0) is 42.7 Å². The molecule has 2 rings (SSSR count). The summed E-state index contributed by atoms with van der Waals surface area (Å²) >= 11 is 0. The minimum Gasteiger partial charge on any atom is -0.348 e. The fraction of sp³-hybridized carbons (Fsp3) is 0.391. The maximum absolute atomic E-state index is 12.8. The van der Waals surface area contributed by atoms with Crippen molar-refractivity contribution in [2.24, 2.45) is 0 Å². The Bertz CT molecular complexity index is 703. The number of hydrogen-bond acceptors (Lipinski definition) is 2. The van der Waals surface area contributed by atoms with E-state index in [2.05, 4.69) is 19.2 Å². The van der Waals surface area contributed by atoms with Gasteiger partial charge in [-0.2, -0.15) is 0 Å². The van der Waals surface area contributed by atoms with Crippen LogP contribution in [0.5, 0.6) is 0 Å². The summed E-state index contributed by atoms with van der Waals surface area (Å²) in [4.78, 5) is 26.8. The summed E-state index contributed by atoms with van der Waals surface area (Å²) in [5.41, 5.74) is 2.33. The molecule has 0 unspecified atom stereocenters. The third-order valence-electron chi connectivity index (χ3n) is 4.54. The zero-order valence-corrected chi connectivity index (χ0v) is 16.4. The fourth-order valence-corrected chi connectivity index (χ4v) is 2.83. The second kappa shape index (κ2) is 11.2. The number of carbonyl (C=O) groups excluding carboxylic acids is 2. The molecular formula is C23H30N2O2. The van der Waals surface area contributed by atoms with E-state index in [-0.39, 0.29) is 11.8 Å². The van der Waals surface area contributed by atoms with Crippen LogP contribution in [0.4, 0.5) is 0 Å². The standard InChI is InChI=1S/C23H30N2O2/c1-3-5-16-25(17-6-4-2)23(27)21-14-12-19(13-15-21)18-24-22(26)20-10-8-7-9-11-20/h7-15H,3-6,16-18H2,1-2H3,(H,24,26). The van der Waals surface area contributed by atoms with Crippen LogP contribution >= 0.6 is 0 Å². The number of nitrogens with zero attached hydrogens (tertiary/aromatic N) is 1. The highest BCUT2D eigenvalue weighted by Crippen LogP contribution is 2.10. The molecule has 0 spiro atoms. The third kappa shape index (κ3) is 6.55. The highest BCUT2D eigenvalue weighted by molar-refractivity contribution is 5.95. The smallest absolute Gasteiger partial charge is 0.253 e. The molecule has 2 amide bonds. The predicted molar refractivity (Wildman–Crippen MR) is 110 cm³/mol. The molecule has 0 fully saturated rings. The summed E-state index contributed by atoms with van der Waals surface area (Å²) in [5, 5.41) is 2.91. The van der Waals surface area contributed by atoms with Crippen molar-refractivity contribution in [2.45, 2.75) is 46.1 Å². The molecule has 0 saturated carbocycles. The molecule has 0 bridgehead atoms. The van der Waals surface area contributed by atoms with Crippen LogP contribution in [-0.4, -0.2) is 29.8 Å². The Morgan fingerprint density at radius 2 is 1.41 bits per heavy atom. The lowest BCUT2D eigenvalue weighted by Crippen LogP contribution is -2.33. The molecule has 0 heterocycles. The van der Waals surface area contributed by atoms with Gasteiger partial charge in [-0.1, -0.05) is 57.0 Å². The lowest BCUT2D eigenvalue weighted by atomic mass is 10.1. The highest BCUT2D eigenvalue weighted by atomic mass is 16.2. The number of nitrogens with one attached hydrogen (secondary N) is 1. The van der Waals surface area contributed by atoms with Gasteiger partial charge in [0.05, 0.1) is 0 Å². The van der Waals surface area contributed by atoms with Crippen molar-refractivity contribution in [3.63, 3.8) is 0 Å². The van der Waals surface area contributed by atoms with E-state index in [0.29, 0.717) is 17.7 Å². The molecule has 0 aliphatic heterocycles. The normalized spacial score (nSPS) is 10.4. The van der Waals surface area contributed by atoms with Gasteiger partial charge in [0.25, 0.3) is 11.8 Å². The van der Waals surface area contributed by atoms with E-state index < -0.39 is 0 Å². The Morgan fingerprint density at radius 3 is 1.96 bits per heavy atom. The van der Waals surface area contributed by atoms with Crippen LogP contribution in [0, 0.1) is 0 Å². The summed E-state index contributed by atoms with van der Waals surface area (Å²) in [7, 11) is 0. The van der Waals surface area contributed by atoms with Crippen LogP contribution in [-0.2, 0) is 6.54 Å². The maximum Gasteiger partial charge on any atom is 0.253 e. The largest absolute Gasteiger partial charge is 0.348 e. The zero-order chi connectivity index (χ0) is 19.5. The molecule has 2 aromatic rings. The number of hydrogen-bond donors (Lipinski definition) is 1. The molecule has 144 valence electrons. The van der Waals surface area contributed by atoms with Crippen LogP contribution in [0.1, 0.15) is 65.8 Å². The zero-order valence-electron chi connectivity index (χ0n) is 16.4. The molecular weight excluding hydrogens is 336 g/mol. The molecule has 0 atom stereocenters. The molecule has 4 heteroatoms. The summed E-state index contributed by atoms with van der Waals surface area (Å²) in [6, 6.07) is 16.7. The molecule has 0 aliphatic rings. The highest BCUT2D eigenvalue weighted by Gasteiger charge is 2.14. The van der Waals surface area contributed by atoms with Crippen LogP contribution in [0.25, 0.3) is 0 Å². The van der Waals surface area contributed by atoms with Crippen LogP contribution < -0.4 is 5.32 Å². The second-order valence-corrected chi connectivity index (χ2v) is 6.74. The van der Waals surface area contributed by atoms with Gasteiger partial charge in [-0.25, -0.2) is 0 Å². The summed E-state index contributed by atoms with van der Waals surface area (Å²) in [6.45, 7) is 6.34.